The van der Waals surface area contributed by atoms with Crippen molar-refractivity contribution in [2.24, 2.45) is 0 Å². The van der Waals surface area contributed by atoms with Gasteiger partial charge in [-0.05, 0) is 43.7 Å². The van der Waals surface area contributed by atoms with E-state index in [1.165, 1.54) is 21.5 Å². The summed E-state index contributed by atoms with van der Waals surface area (Å²) in [5.74, 6) is 0. The standard InChI is InChI=1S/C22H19F3N4O2/c1-3-28-20(30)18-19(29(21(28)31)17-9-7-14(2)8-10-17)26-13-27(18)12-15-5-4-6-16(11-15)22(23,24)25/h4-11,13H,3,12H2,1-2H3. The number of nitrogens with zero attached hydrogens (tertiary/aromatic N) is 4. The lowest BCUT2D eigenvalue weighted by atomic mass is 10.1. The molecule has 0 aliphatic rings. The summed E-state index contributed by atoms with van der Waals surface area (Å²) in [5.41, 5.74) is 0.416. The maximum atomic E-state index is 13.1. The number of aryl methyl sites for hydroxylation is 1. The molecule has 2 aromatic heterocycles. The minimum atomic E-state index is -4.46. The van der Waals surface area contributed by atoms with Gasteiger partial charge in [0.05, 0.1) is 17.6 Å². The molecule has 4 aromatic rings. The molecule has 0 N–H and O–H groups in total. The minimum Gasteiger partial charge on any atom is -0.320 e. The van der Waals surface area contributed by atoms with Gasteiger partial charge >= 0.3 is 11.9 Å². The van der Waals surface area contributed by atoms with Crippen LogP contribution >= 0.6 is 0 Å². The van der Waals surface area contributed by atoms with Crippen LogP contribution in [0.2, 0.25) is 0 Å². The fourth-order valence-electron chi connectivity index (χ4n) is 3.55. The molecule has 4 rings (SSSR count). The smallest absolute Gasteiger partial charge is 0.320 e. The second-order valence-corrected chi connectivity index (χ2v) is 7.25. The highest BCUT2D eigenvalue weighted by molar-refractivity contribution is 5.72. The Morgan fingerprint density at radius 3 is 2.39 bits per heavy atom. The zero-order chi connectivity index (χ0) is 22.3. The van der Waals surface area contributed by atoms with Crippen LogP contribution in [0.25, 0.3) is 16.9 Å². The molecule has 0 amide bonds. The van der Waals surface area contributed by atoms with Gasteiger partial charge in [-0.15, -0.1) is 0 Å². The second-order valence-electron chi connectivity index (χ2n) is 7.25. The molecule has 9 heteroatoms. The minimum absolute atomic E-state index is 0.00543. The Hall–Kier alpha value is -3.62. The second kappa shape index (κ2) is 7.57. The topological polar surface area (TPSA) is 61.8 Å². The lowest BCUT2D eigenvalue weighted by molar-refractivity contribution is -0.137. The van der Waals surface area contributed by atoms with Crippen molar-refractivity contribution in [1.82, 2.24) is 18.7 Å². The van der Waals surface area contributed by atoms with Gasteiger partial charge in [-0.3, -0.25) is 9.36 Å². The van der Waals surface area contributed by atoms with E-state index in [0.29, 0.717) is 11.3 Å². The first kappa shape index (κ1) is 20.6. The fraction of sp³-hybridized carbons (Fsp3) is 0.227. The highest BCUT2D eigenvalue weighted by Crippen LogP contribution is 2.29. The maximum Gasteiger partial charge on any atom is 0.416 e. The molecule has 0 spiro atoms. The van der Waals surface area contributed by atoms with Crippen LogP contribution in [0.15, 0.2) is 64.4 Å². The van der Waals surface area contributed by atoms with E-state index in [-0.39, 0.29) is 24.3 Å². The fourth-order valence-corrected chi connectivity index (χ4v) is 3.55. The van der Waals surface area contributed by atoms with Gasteiger partial charge in [0.1, 0.15) is 0 Å². The van der Waals surface area contributed by atoms with E-state index >= 15 is 0 Å². The molecule has 0 aliphatic heterocycles. The summed E-state index contributed by atoms with van der Waals surface area (Å²) in [4.78, 5) is 30.3. The lowest BCUT2D eigenvalue weighted by Gasteiger charge is -2.12. The van der Waals surface area contributed by atoms with Gasteiger partial charge in [-0.25, -0.2) is 14.3 Å². The molecule has 0 fully saturated rings. The largest absolute Gasteiger partial charge is 0.416 e. The number of halogens is 3. The van der Waals surface area contributed by atoms with Crippen molar-refractivity contribution in [1.29, 1.82) is 0 Å². The van der Waals surface area contributed by atoms with Crippen molar-refractivity contribution < 1.29 is 13.2 Å². The molecule has 0 atom stereocenters. The number of aromatic nitrogens is 4. The third-order valence-corrected chi connectivity index (χ3v) is 5.12. The molecule has 160 valence electrons. The quantitative estimate of drug-likeness (QED) is 0.498. The Kier molecular flexibility index (Phi) is 5.04. The van der Waals surface area contributed by atoms with Gasteiger partial charge in [0, 0.05) is 13.1 Å². The molecule has 2 heterocycles. The first-order chi connectivity index (χ1) is 14.7. The van der Waals surface area contributed by atoms with Crippen molar-refractivity contribution >= 4 is 11.2 Å². The molecule has 2 aromatic carbocycles. The van der Waals surface area contributed by atoms with E-state index in [9.17, 15) is 22.8 Å². The number of rotatable bonds is 4. The average molecular weight is 428 g/mol. The monoisotopic (exact) mass is 428 g/mol. The molecule has 0 saturated heterocycles. The van der Waals surface area contributed by atoms with Crippen LogP contribution in [0.3, 0.4) is 0 Å². The Morgan fingerprint density at radius 1 is 1.03 bits per heavy atom. The number of alkyl halides is 3. The summed E-state index contributed by atoms with van der Waals surface area (Å²) >= 11 is 0. The third-order valence-electron chi connectivity index (χ3n) is 5.12. The lowest BCUT2D eigenvalue weighted by Crippen LogP contribution is -2.39. The van der Waals surface area contributed by atoms with Gasteiger partial charge in [0.25, 0.3) is 5.56 Å². The molecule has 0 radical (unpaired) electrons. The van der Waals surface area contributed by atoms with Gasteiger partial charge in [-0.1, -0.05) is 29.8 Å². The third kappa shape index (κ3) is 3.67. The van der Waals surface area contributed by atoms with Crippen LogP contribution in [0, 0.1) is 6.92 Å². The summed E-state index contributed by atoms with van der Waals surface area (Å²) < 4.78 is 43.1. The molecule has 0 bridgehead atoms. The van der Waals surface area contributed by atoms with Gasteiger partial charge in [-0.2, -0.15) is 13.2 Å². The van der Waals surface area contributed by atoms with Crippen LogP contribution in [0.4, 0.5) is 13.2 Å². The molecule has 6 nitrogen and oxygen atoms in total. The Morgan fingerprint density at radius 2 is 1.74 bits per heavy atom. The Labute approximate surface area is 174 Å². The number of imidazole rings is 1. The first-order valence-corrected chi connectivity index (χ1v) is 9.64. The number of hydrogen-bond acceptors (Lipinski definition) is 3. The summed E-state index contributed by atoms with van der Waals surface area (Å²) in [7, 11) is 0. The molecular formula is C22H19F3N4O2. The maximum absolute atomic E-state index is 13.1. The number of hydrogen-bond donors (Lipinski definition) is 0. The van der Waals surface area contributed by atoms with E-state index in [1.807, 2.05) is 19.1 Å². The summed E-state index contributed by atoms with van der Waals surface area (Å²) in [5, 5.41) is 0. The normalized spacial score (nSPS) is 11.9. The van der Waals surface area contributed by atoms with Crippen molar-refractivity contribution in [2.75, 3.05) is 0 Å². The Bertz CT molecular complexity index is 1380. The zero-order valence-electron chi connectivity index (χ0n) is 16.8. The first-order valence-electron chi connectivity index (χ1n) is 9.64. The predicted octanol–water partition coefficient (Wildman–Crippen LogP) is 3.74. The van der Waals surface area contributed by atoms with Gasteiger partial charge in [0.15, 0.2) is 11.2 Å². The summed E-state index contributed by atoms with van der Waals surface area (Å²) in [6.07, 6.45) is -3.09. The summed E-state index contributed by atoms with van der Waals surface area (Å²) in [6.45, 7) is 3.75. The highest BCUT2D eigenvalue weighted by atomic mass is 19.4. The average Bonchev–Trinajstić information content (AvgIpc) is 3.13. The van der Waals surface area contributed by atoms with Gasteiger partial charge < -0.3 is 4.57 Å². The van der Waals surface area contributed by atoms with E-state index in [0.717, 1.165) is 22.3 Å². The zero-order valence-corrected chi connectivity index (χ0v) is 16.8. The van der Waals surface area contributed by atoms with E-state index in [1.54, 1.807) is 25.1 Å². The van der Waals surface area contributed by atoms with Crippen LogP contribution < -0.4 is 11.2 Å². The van der Waals surface area contributed by atoms with Gasteiger partial charge in [0.2, 0.25) is 0 Å². The van der Waals surface area contributed by atoms with E-state index < -0.39 is 23.0 Å². The molecule has 0 unspecified atom stereocenters. The van der Waals surface area contributed by atoms with Crippen molar-refractivity contribution in [2.45, 2.75) is 33.1 Å². The van der Waals surface area contributed by atoms with E-state index in [2.05, 4.69) is 4.98 Å². The van der Waals surface area contributed by atoms with Crippen LogP contribution in [0.5, 0.6) is 0 Å². The van der Waals surface area contributed by atoms with Crippen LogP contribution in [-0.4, -0.2) is 18.7 Å². The van der Waals surface area contributed by atoms with Crippen molar-refractivity contribution in [3.63, 3.8) is 0 Å². The number of benzene rings is 2. The summed E-state index contributed by atoms with van der Waals surface area (Å²) in [6, 6.07) is 12.1. The van der Waals surface area contributed by atoms with Crippen molar-refractivity contribution in [3.05, 3.63) is 92.4 Å². The molecule has 0 saturated carbocycles. The van der Waals surface area contributed by atoms with E-state index in [4.69, 9.17) is 0 Å². The number of fused-ring (bicyclic) bond motifs is 1. The van der Waals surface area contributed by atoms with Crippen LogP contribution in [0.1, 0.15) is 23.6 Å². The molecule has 0 aliphatic carbocycles. The SMILES string of the molecule is CCn1c(=O)c2c(ncn2Cc2cccc(C(F)(F)F)c2)n(-c2ccc(C)cc2)c1=O. The predicted molar refractivity (Wildman–Crippen MR) is 111 cm³/mol. The Balaban J connectivity index is 1.92. The molecule has 31 heavy (non-hydrogen) atoms. The van der Waals surface area contributed by atoms with Crippen molar-refractivity contribution in [3.8, 4) is 5.69 Å². The molecular weight excluding hydrogens is 409 g/mol. The van der Waals surface area contributed by atoms with Crippen LogP contribution in [-0.2, 0) is 19.3 Å². The highest BCUT2D eigenvalue weighted by Gasteiger charge is 2.30.